The maximum Gasteiger partial charge on any atom is 0.298 e. The molecule has 5 nitrogen and oxygen atoms in total. The van der Waals surface area contributed by atoms with Gasteiger partial charge >= 0.3 is 0 Å². The number of hydrogen-bond acceptors (Lipinski definition) is 4. The Kier molecular flexibility index (Phi) is 6.49. The van der Waals surface area contributed by atoms with Crippen molar-refractivity contribution in [2.24, 2.45) is 0 Å². The molecule has 0 radical (unpaired) electrons. The summed E-state index contributed by atoms with van der Waals surface area (Å²) in [4.78, 5) is 27.3. The summed E-state index contributed by atoms with van der Waals surface area (Å²) < 4.78 is 22.4. The highest BCUT2D eigenvalue weighted by atomic mass is 79.9. The van der Waals surface area contributed by atoms with Gasteiger partial charge in [-0.1, -0.05) is 45.8 Å². The van der Waals surface area contributed by atoms with Crippen molar-refractivity contribution in [2.45, 2.75) is 13.5 Å². The Labute approximate surface area is 214 Å². The molecule has 0 unspecified atom stereocenters. The third-order valence-electron chi connectivity index (χ3n) is 5.67. The summed E-state index contributed by atoms with van der Waals surface area (Å²) in [5.74, 6) is -0.543. The first kappa shape index (κ1) is 23.4. The number of para-hydroxylation sites is 1. The van der Waals surface area contributed by atoms with Gasteiger partial charge in [0.05, 0.1) is 17.1 Å². The van der Waals surface area contributed by atoms with Crippen LogP contribution in [0.15, 0.2) is 82.3 Å². The van der Waals surface area contributed by atoms with Gasteiger partial charge in [0.1, 0.15) is 6.61 Å². The maximum absolute atomic E-state index is 13.9. The molecule has 176 valence electrons. The molecule has 4 aromatic rings. The molecule has 0 bridgehead atoms. The molecule has 8 heteroatoms. The molecule has 5 rings (SSSR count). The van der Waals surface area contributed by atoms with Crippen LogP contribution in [-0.2, 0) is 11.3 Å². The van der Waals surface area contributed by atoms with E-state index in [9.17, 15) is 14.0 Å². The molecular formula is C27H20BrFN2O3S. The molecule has 0 N–H and O–H groups in total. The number of ether oxygens (including phenoxy) is 1. The number of carbonyl (C=O) groups is 2. The second-order valence-corrected chi connectivity index (χ2v) is 9.98. The van der Waals surface area contributed by atoms with Gasteiger partial charge in [0.2, 0.25) is 0 Å². The fourth-order valence-electron chi connectivity index (χ4n) is 3.94. The Hall–Kier alpha value is -3.36. The van der Waals surface area contributed by atoms with Gasteiger partial charge in [-0.15, -0.1) is 0 Å². The highest BCUT2D eigenvalue weighted by molar-refractivity contribution is 9.10. The van der Waals surface area contributed by atoms with Crippen molar-refractivity contribution in [1.82, 2.24) is 4.57 Å². The van der Waals surface area contributed by atoms with Crippen LogP contribution in [0, 0.1) is 12.7 Å². The molecule has 1 aliphatic heterocycles. The van der Waals surface area contributed by atoms with Gasteiger partial charge in [-0.3, -0.25) is 9.59 Å². The Bertz CT molecular complexity index is 1480. The number of benzene rings is 3. The van der Waals surface area contributed by atoms with Crippen LogP contribution in [0.25, 0.3) is 17.0 Å². The number of fused-ring (bicyclic) bond motifs is 1. The van der Waals surface area contributed by atoms with Crippen molar-refractivity contribution < 1.29 is 18.7 Å². The summed E-state index contributed by atoms with van der Waals surface area (Å²) >= 11 is 4.44. The predicted octanol–water partition coefficient (Wildman–Crippen LogP) is 7.17. The molecular weight excluding hydrogens is 531 g/mol. The summed E-state index contributed by atoms with van der Waals surface area (Å²) in [7, 11) is 0. The lowest BCUT2D eigenvalue weighted by Crippen LogP contribution is -2.27. The summed E-state index contributed by atoms with van der Waals surface area (Å²) in [6.07, 6.45) is 3.67. The first-order valence-corrected chi connectivity index (χ1v) is 12.5. The second-order valence-electron chi connectivity index (χ2n) is 8.07. The smallest absolute Gasteiger partial charge is 0.298 e. The van der Waals surface area contributed by atoms with Gasteiger partial charge in [-0.05, 0) is 67.2 Å². The zero-order chi connectivity index (χ0) is 24.5. The number of aryl methyl sites for hydroxylation is 1. The fraction of sp³-hybridized carbons (Fsp3) is 0.111. The topological polar surface area (TPSA) is 51.5 Å². The number of halogens is 2. The lowest BCUT2D eigenvalue weighted by atomic mass is 10.1. The standard InChI is InChI=1S/C27H20BrFN2O3S/c1-17-6-9-20(10-7-17)31-26(32)25(35-27(31)33)14-18-16-30(23-11-8-19(28)15-21(18)23)12-13-34-24-5-3-2-4-22(24)29/h2-11,14-16H,12-13H2,1H3/b25-14-. The minimum atomic E-state index is -0.404. The Morgan fingerprint density at radius 1 is 1.06 bits per heavy atom. The zero-order valence-electron chi connectivity index (χ0n) is 18.7. The number of nitrogens with zero attached hydrogens (tertiary/aromatic N) is 2. The molecule has 3 aromatic carbocycles. The number of thioether (sulfide) groups is 1. The largest absolute Gasteiger partial charge is 0.489 e. The summed E-state index contributed by atoms with van der Waals surface area (Å²) in [5.41, 5.74) is 3.35. The first-order valence-electron chi connectivity index (χ1n) is 10.9. The van der Waals surface area contributed by atoms with E-state index in [0.717, 1.165) is 38.3 Å². The van der Waals surface area contributed by atoms with E-state index in [1.807, 2.05) is 48.0 Å². The van der Waals surface area contributed by atoms with E-state index in [-0.39, 0.29) is 23.5 Å². The summed E-state index contributed by atoms with van der Waals surface area (Å²) in [5, 5.41) is 0.598. The summed E-state index contributed by atoms with van der Waals surface area (Å²) in [6.45, 7) is 2.70. The molecule has 1 aliphatic rings. The van der Waals surface area contributed by atoms with Gasteiger partial charge in [-0.25, -0.2) is 9.29 Å². The van der Waals surface area contributed by atoms with Gasteiger partial charge in [0, 0.05) is 27.1 Å². The van der Waals surface area contributed by atoms with E-state index in [1.54, 1.807) is 36.4 Å². The molecule has 2 heterocycles. The van der Waals surface area contributed by atoms with Crippen molar-refractivity contribution in [1.29, 1.82) is 0 Å². The maximum atomic E-state index is 13.9. The molecule has 0 spiro atoms. The predicted molar refractivity (Wildman–Crippen MR) is 141 cm³/mol. The quantitative estimate of drug-likeness (QED) is 0.239. The van der Waals surface area contributed by atoms with E-state index in [1.165, 1.54) is 11.0 Å². The second kappa shape index (κ2) is 9.71. The molecule has 1 fully saturated rings. The monoisotopic (exact) mass is 550 g/mol. The SMILES string of the molecule is Cc1ccc(N2C(=O)S/C(=C\c3cn(CCOc4ccccc4F)c4ccc(Br)cc34)C2=O)cc1. The Balaban J connectivity index is 1.43. The van der Waals surface area contributed by atoms with Crippen LogP contribution in [0.5, 0.6) is 5.75 Å². The molecule has 2 amide bonds. The van der Waals surface area contributed by atoms with E-state index < -0.39 is 5.82 Å². The zero-order valence-corrected chi connectivity index (χ0v) is 21.1. The van der Waals surface area contributed by atoms with Gasteiger partial charge in [-0.2, -0.15) is 0 Å². The van der Waals surface area contributed by atoms with Crippen LogP contribution in [-0.4, -0.2) is 22.3 Å². The number of anilines is 1. The third kappa shape index (κ3) is 4.76. The highest BCUT2D eigenvalue weighted by Crippen LogP contribution is 2.37. The molecule has 0 atom stereocenters. The number of amides is 2. The van der Waals surface area contributed by atoms with E-state index >= 15 is 0 Å². The fourth-order valence-corrected chi connectivity index (χ4v) is 5.13. The van der Waals surface area contributed by atoms with Crippen LogP contribution in [0.3, 0.4) is 0 Å². The minimum absolute atomic E-state index is 0.205. The number of rotatable bonds is 6. The van der Waals surface area contributed by atoms with Crippen molar-refractivity contribution in [3.05, 3.63) is 99.2 Å². The number of aromatic nitrogens is 1. The third-order valence-corrected chi connectivity index (χ3v) is 7.04. The summed E-state index contributed by atoms with van der Waals surface area (Å²) in [6, 6.07) is 19.5. The van der Waals surface area contributed by atoms with Crippen molar-refractivity contribution in [2.75, 3.05) is 11.5 Å². The van der Waals surface area contributed by atoms with Crippen molar-refractivity contribution in [3.8, 4) is 5.75 Å². The normalized spacial score (nSPS) is 14.9. The first-order chi connectivity index (χ1) is 16.9. The molecule has 0 aliphatic carbocycles. The van der Waals surface area contributed by atoms with Crippen LogP contribution >= 0.6 is 27.7 Å². The lowest BCUT2D eigenvalue weighted by Gasteiger charge is -2.12. The van der Waals surface area contributed by atoms with Crippen molar-refractivity contribution in [3.63, 3.8) is 0 Å². The number of carbonyl (C=O) groups excluding carboxylic acids is 2. The van der Waals surface area contributed by atoms with Crippen LogP contribution < -0.4 is 9.64 Å². The molecule has 0 saturated carbocycles. The minimum Gasteiger partial charge on any atom is -0.489 e. The van der Waals surface area contributed by atoms with Crippen LogP contribution in [0.2, 0.25) is 0 Å². The van der Waals surface area contributed by atoms with Crippen LogP contribution in [0.4, 0.5) is 14.9 Å². The van der Waals surface area contributed by atoms with Gasteiger partial charge < -0.3 is 9.30 Å². The van der Waals surface area contributed by atoms with Gasteiger partial charge in [0.25, 0.3) is 11.1 Å². The Morgan fingerprint density at radius 3 is 2.60 bits per heavy atom. The Morgan fingerprint density at radius 2 is 1.83 bits per heavy atom. The molecule has 1 saturated heterocycles. The van der Waals surface area contributed by atoms with Crippen LogP contribution in [0.1, 0.15) is 11.1 Å². The number of imide groups is 1. The molecule has 1 aromatic heterocycles. The van der Waals surface area contributed by atoms with Crippen molar-refractivity contribution >= 4 is 61.5 Å². The lowest BCUT2D eigenvalue weighted by molar-refractivity contribution is -0.113. The van der Waals surface area contributed by atoms with E-state index in [0.29, 0.717) is 17.1 Å². The highest BCUT2D eigenvalue weighted by Gasteiger charge is 2.36. The van der Waals surface area contributed by atoms with Gasteiger partial charge in [0.15, 0.2) is 11.6 Å². The van der Waals surface area contributed by atoms with E-state index in [4.69, 9.17) is 4.74 Å². The average Bonchev–Trinajstić information content (AvgIpc) is 3.31. The average molecular weight is 551 g/mol. The number of hydrogen-bond donors (Lipinski definition) is 0. The molecule has 35 heavy (non-hydrogen) atoms. The van der Waals surface area contributed by atoms with E-state index in [2.05, 4.69) is 15.9 Å².